The fourth-order valence-corrected chi connectivity index (χ4v) is 3.74. The molecule has 0 unspecified atom stereocenters. The van der Waals surface area contributed by atoms with E-state index in [4.69, 9.17) is 24.8 Å². The Balaban J connectivity index is 0.000000769. The molecule has 1 fully saturated rings. The van der Waals surface area contributed by atoms with E-state index in [9.17, 15) is 4.79 Å². The maximum atomic E-state index is 12.4. The number of rotatable bonds is 5. The number of aryl methyl sites for hydroxylation is 1. The number of carbonyl (C=O) groups is 3. The highest BCUT2D eigenvalue weighted by molar-refractivity contribution is 7.98. The fraction of sp³-hybridized carbons (Fsp3) is 0.455. The molecule has 9 nitrogen and oxygen atoms in total. The molecule has 176 valence electrons. The van der Waals surface area contributed by atoms with E-state index in [2.05, 4.69) is 47.2 Å². The first-order valence-electron chi connectivity index (χ1n) is 10.1. The first-order chi connectivity index (χ1) is 15.3. The SMILES string of the molecule is CSc1ccc2c(C)cc(N3CCC(=O)N(CCN(C)C)CC3)nc2c1.O=CO.O=CO. The lowest BCUT2D eigenvalue weighted by atomic mass is 10.1. The molecule has 1 aliphatic rings. The van der Waals surface area contributed by atoms with Gasteiger partial charge in [0.25, 0.3) is 12.9 Å². The fourth-order valence-electron chi connectivity index (χ4n) is 3.31. The molecule has 0 atom stereocenters. The molecule has 0 spiro atoms. The number of benzene rings is 1. The van der Waals surface area contributed by atoms with Gasteiger partial charge in [0.2, 0.25) is 5.91 Å². The zero-order valence-electron chi connectivity index (χ0n) is 19.0. The summed E-state index contributed by atoms with van der Waals surface area (Å²) in [6.07, 6.45) is 2.64. The Morgan fingerprint density at radius 2 is 1.78 bits per heavy atom. The summed E-state index contributed by atoms with van der Waals surface area (Å²) in [5.74, 6) is 1.23. The summed E-state index contributed by atoms with van der Waals surface area (Å²) in [6.45, 7) is 5.66. The van der Waals surface area contributed by atoms with E-state index in [1.54, 1.807) is 11.8 Å². The van der Waals surface area contributed by atoms with Crippen LogP contribution >= 0.6 is 11.8 Å². The van der Waals surface area contributed by atoms with Gasteiger partial charge < -0.3 is 24.9 Å². The van der Waals surface area contributed by atoms with Crippen molar-refractivity contribution < 1.29 is 24.6 Å². The summed E-state index contributed by atoms with van der Waals surface area (Å²) in [5.41, 5.74) is 2.27. The Bertz CT molecular complexity index is 888. The third-order valence-corrected chi connectivity index (χ3v) is 5.66. The summed E-state index contributed by atoms with van der Waals surface area (Å²) in [7, 11) is 4.08. The smallest absolute Gasteiger partial charge is 0.290 e. The molecule has 0 aliphatic carbocycles. The van der Waals surface area contributed by atoms with Gasteiger partial charge >= 0.3 is 0 Å². The molecule has 10 heteroatoms. The van der Waals surface area contributed by atoms with Crippen LogP contribution in [-0.4, -0.2) is 96.9 Å². The number of nitrogens with zero attached hydrogens (tertiary/aromatic N) is 4. The van der Waals surface area contributed by atoms with Crippen LogP contribution in [0.25, 0.3) is 10.9 Å². The molecule has 2 heterocycles. The number of aromatic nitrogens is 1. The number of thioether (sulfide) groups is 1. The maximum Gasteiger partial charge on any atom is 0.290 e. The Morgan fingerprint density at radius 1 is 1.12 bits per heavy atom. The van der Waals surface area contributed by atoms with Gasteiger partial charge in [0, 0.05) is 49.4 Å². The van der Waals surface area contributed by atoms with Crippen LogP contribution in [0.2, 0.25) is 0 Å². The van der Waals surface area contributed by atoms with E-state index in [1.807, 2.05) is 19.0 Å². The predicted octanol–water partition coefficient (Wildman–Crippen LogP) is 2.27. The Hall–Kier alpha value is -2.85. The molecular weight excluding hydrogens is 432 g/mol. The Morgan fingerprint density at radius 3 is 2.38 bits per heavy atom. The van der Waals surface area contributed by atoms with Gasteiger partial charge in [-0.25, -0.2) is 4.98 Å². The van der Waals surface area contributed by atoms with Gasteiger partial charge in [-0.05, 0) is 51.0 Å². The lowest BCUT2D eigenvalue weighted by molar-refractivity contribution is -0.130. The molecule has 0 radical (unpaired) electrons. The van der Waals surface area contributed by atoms with Gasteiger partial charge in [-0.15, -0.1) is 11.8 Å². The number of pyridine rings is 1. The van der Waals surface area contributed by atoms with Crippen molar-refractivity contribution in [1.82, 2.24) is 14.8 Å². The highest BCUT2D eigenvalue weighted by Gasteiger charge is 2.22. The van der Waals surface area contributed by atoms with Gasteiger partial charge in [-0.1, -0.05) is 6.07 Å². The second kappa shape index (κ2) is 14.3. The molecule has 3 rings (SSSR count). The Kier molecular flexibility index (Phi) is 12.1. The molecule has 1 aromatic heterocycles. The van der Waals surface area contributed by atoms with E-state index < -0.39 is 0 Å². The number of amides is 1. The molecule has 1 saturated heterocycles. The molecule has 1 aromatic carbocycles. The highest BCUT2D eigenvalue weighted by atomic mass is 32.2. The average Bonchev–Trinajstić information content (AvgIpc) is 2.94. The van der Waals surface area contributed by atoms with Crippen LogP contribution in [0.15, 0.2) is 29.2 Å². The highest BCUT2D eigenvalue weighted by Crippen LogP contribution is 2.27. The van der Waals surface area contributed by atoms with E-state index in [1.165, 1.54) is 15.8 Å². The number of hydrogen-bond donors (Lipinski definition) is 2. The summed E-state index contributed by atoms with van der Waals surface area (Å²) in [6, 6.07) is 8.61. The quantitative estimate of drug-likeness (QED) is 0.508. The summed E-state index contributed by atoms with van der Waals surface area (Å²) < 4.78 is 0. The molecule has 32 heavy (non-hydrogen) atoms. The van der Waals surface area contributed by atoms with Crippen LogP contribution in [0.1, 0.15) is 12.0 Å². The van der Waals surface area contributed by atoms with Crippen molar-refractivity contribution >= 4 is 47.3 Å². The lowest BCUT2D eigenvalue weighted by Gasteiger charge is -2.24. The van der Waals surface area contributed by atoms with E-state index in [0.29, 0.717) is 6.42 Å². The first-order valence-corrected chi connectivity index (χ1v) is 11.3. The van der Waals surface area contributed by atoms with Crippen molar-refractivity contribution in [2.24, 2.45) is 0 Å². The van der Waals surface area contributed by atoms with E-state index in [0.717, 1.165) is 44.1 Å². The van der Waals surface area contributed by atoms with Crippen LogP contribution in [0, 0.1) is 6.92 Å². The molecule has 0 bridgehead atoms. The first kappa shape index (κ1) is 27.2. The summed E-state index contributed by atoms with van der Waals surface area (Å²) in [4.78, 5) is 41.6. The minimum atomic E-state index is -0.250. The third-order valence-electron chi connectivity index (χ3n) is 4.94. The standard InChI is InChI=1S/C20H28N4OS.2CH2O2/c1-15-13-19(21-18-14-16(26-4)5-6-17(15)18)23-8-7-20(25)24(12-11-23)10-9-22(2)3;2*2-1-3/h5-6,13-14H,7-12H2,1-4H3;2*1H,(H,2,3). The topological polar surface area (TPSA) is 114 Å². The molecular formula is C22H32N4O5S. The average molecular weight is 465 g/mol. The van der Waals surface area contributed by atoms with Crippen LogP contribution in [-0.2, 0) is 14.4 Å². The zero-order valence-corrected chi connectivity index (χ0v) is 19.8. The van der Waals surface area contributed by atoms with Gasteiger partial charge in [0.05, 0.1) is 5.52 Å². The minimum absolute atomic E-state index is 0.247. The second-order valence-corrected chi connectivity index (χ2v) is 8.19. The van der Waals surface area contributed by atoms with Crippen molar-refractivity contribution in [1.29, 1.82) is 0 Å². The maximum absolute atomic E-state index is 12.4. The number of carbonyl (C=O) groups excluding carboxylic acids is 1. The van der Waals surface area contributed by atoms with Crippen LogP contribution in [0.3, 0.4) is 0 Å². The molecule has 0 saturated carbocycles. The summed E-state index contributed by atoms with van der Waals surface area (Å²) >= 11 is 1.73. The van der Waals surface area contributed by atoms with Crippen molar-refractivity contribution in [3.05, 3.63) is 29.8 Å². The number of fused-ring (bicyclic) bond motifs is 1. The minimum Gasteiger partial charge on any atom is -0.483 e. The predicted molar refractivity (Wildman–Crippen MR) is 128 cm³/mol. The Labute approximate surface area is 193 Å². The van der Waals surface area contributed by atoms with Gasteiger partial charge in [0.15, 0.2) is 0 Å². The van der Waals surface area contributed by atoms with Gasteiger partial charge in [-0.3, -0.25) is 14.4 Å². The summed E-state index contributed by atoms with van der Waals surface area (Å²) in [5, 5.41) is 15.0. The van der Waals surface area contributed by atoms with E-state index in [-0.39, 0.29) is 18.9 Å². The van der Waals surface area contributed by atoms with Crippen LogP contribution in [0.5, 0.6) is 0 Å². The number of anilines is 1. The number of hydrogen-bond acceptors (Lipinski definition) is 7. The molecule has 1 aliphatic heterocycles. The third kappa shape index (κ3) is 8.35. The normalized spacial score (nSPS) is 13.6. The van der Waals surface area contributed by atoms with Crippen molar-refractivity contribution in [2.75, 3.05) is 58.0 Å². The number of carboxylic acid groups (broad SMARTS) is 2. The molecule has 1 amide bonds. The van der Waals surface area contributed by atoms with Crippen LogP contribution < -0.4 is 4.90 Å². The van der Waals surface area contributed by atoms with E-state index >= 15 is 0 Å². The second-order valence-electron chi connectivity index (χ2n) is 7.31. The van der Waals surface area contributed by atoms with Crippen molar-refractivity contribution in [3.63, 3.8) is 0 Å². The molecule has 2 N–H and O–H groups in total. The largest absolute Gasteiger partial charge is 0.483 e. The van der Waals surface area contributed by atoms with Gasteiger partial charge in [-0.2, -0.15) is 0 Å². The monoisotopic (exact) mass is 464 g/mol. The lowest BCUT2D eigenvalue weighted by Crippen LogP contribution is -2.38. The van der Waals surface area contributed by atoms with Gasteiger partial charge in [0.1, 0.15) is 5.82 Å². The number of likely N-dealkylation sites (N-methyl/N-ethyl adjacent to an activating group) is 1. The van der Waals surface area contributed by atoms with Crippen LogP contribution in [0.4, 0.5) is 5.82 Å². The molecule has 2 aromatic rings. The van der Waals surface area contributed by atoms with Crippen molar-refractivity contribution in [2.45, 2.75) is 18.2 Å². The zero-order chi connectivity index (χ0) is 24.1. The van der Waals surface area contributed by atoms with Crippen molar-refractivity contribution in [3.8, 4) is 0 Å².